The minimum atomic E-state index is -1.06. The Bertz CT molecular complexity index is 360. The van der Waals surface area contributed by atoms with Crippen LogP contribution in [0.2, 0.25) is 0 Å². The summed E-state index contributed by atoms with van der Waals surface area (Å²) in [6.45, 7) is 7.77. The van der Waals surface area contributed by atoms with E-state index in [1.165, 1.54) is 13.8 Å². The lowest BCUT2D eigenvalue weighted by atomic mass is 10.0. The number of hydrogen-bond donors (Lipinski definition) is 2. The van der Waals surface area contributed by atoms with Gasteiger partial charge in [-0.05, 0) is 40.3 Å². The van der Waals surface area contributed by atoms with Crippen molar-refractivity contribution in [1.29, 1.82) is 0 Å². The van der Waals surface area contributed by atoms with Crippen molar-refractivity contribution in [2.75, 3.05) is 20.6 Å². The van der Waals surface area contributed by atoms with Crippen LogP contribution < -0.4 is 5.32 Å². The fourth-order valence-electron chi connectivity index (χ4n) is 1.69. The lowest BCUT2D eigenvalue weighted by molar-refractivity contribution is -0.133. The molecule has 0 spiro atoms. The molecule has 19 heavy (non-hydrogen) atoms. The highest BCUT2D eigenvalue weighted by Gasteiger charge is 2.17. The average Bonchev–Trinajstić information content (AvgIpc) is 2.31. The van der Waals surface area contributed by atoms with Gasteiger partial charge in [0.15, 0.2) is 0 Å². The lowest BCUT2D eigenvalue weighted by Gasteiger charge is -2.26. The van der Waals surface area contributed by atoms with Crippen LogP contribution in [-0.2, 0) is 9.59 Å². The summed E-state index contributed by atoms with van der Waals surface area (Å²) in [6.07, 6.45) is 0.980. The molecule has 0 fully saturated rings. The molecule has 0 radical (unpaired) electrons. The number of carboxylic acid groups (broad SMARTS) is 1. The zero-order valence-corrected chi connectivity index (χ0v) is 12.8. The van der Waals surface area contributed by atoms with Crippen molar-refractivity contribution in [2.45, 2.75) is 40.2 Å². The molecule has 0 aliphatic carbocycles. The summed E-state index contributed by atoms with van der Waals surface area (Å²) in [5, 5.41) is 11.6. The third-order valence-electron chi connectivity index (χ3n) is 3.20. The Hall–Kier alpha value is -1.36. The van der Waals surface area contributed by atoms with Gasteiger partial charge in [-0.1, -0.05) is 13.8 Å². The molecule has 1 amide bonds. The SMILES string of the molecule is C/C(C(=O)O)=C(\C)C(=O)NCC(CC(C)C)N(C)C. The topological polar surface area (TPSA) is 69.6 Å². The monoisotopic (exact) mass is 270 g/mol. The number of aliphatic carboxylic acids is 1. The number of amides is 1. The van der Waals surface area contributed by atoms with Gasteiger partial charge >= 0.3 is 5.97 Å². The Morgan fingerprint density at radius 3 is 2.05 bits per heavy atom. The Labute approximate surface area is 115 Å². The summed E-state index contributed by atoms with van der Waals surface area (Å²) < 4.78 is 0. The molecule has 1 unspecified atom stereocenters. The minimum absolute atomic E-state index is 0.0859. The smallest absolute Gasteiger partial charge is 0.331 e. The Morgan fingerprint density at radius 1 is 1.16 bits per heavy atom. The number of nitrogens with one attached hydrogen (secondary N) is 1. The van der Waals surface area contributed by atoms with E-state index >= 15 is 0 Å². The fraction of sp³-hybridized carbons (Fsp3) is 0.714. The van der Waals surface area contributed by atoms with Crippen molar-refractivity contribution in [3.63, 3.8) is 0 Å². The Morgan fingerprint density at radius 2 is 1.68 bits per heavy atom. The second kappa shape index (κ2) is 7.94. The molecule has 110 valence electrons. The Balaban J connectivity index is 4.57. The summed E-state index contributed by atoms with van der Waals surface area (Å²) in [7, 11) is 3.95. The quantitative estimate of drug-likeness (QED) is 0.688. The van der Waals surface area contributed by atoms with Crippen LogP contribution in [0.25, 0.3) is 0 Å². The Kier molecular flexibility index (Phi) is 7.37. The van der Waals surface area contributed by atoms with E-state index in [1.54, 1.807) is 0 Å². The van der Waals surface area contributed by atoms with Crippen LogP contribution >= 0.6 is 0 Å². The van der Waals surface area contributed by atoms with Gasteiger partial charge in [-0.15, -0.1) is 0 Å². The van der Waals surface area contributed by atoms with Crippen LogP contribution in [-0.4, -0.2) is 48.6 Å². The molecule has 0 bridgehead atoms. The van der Waals surface area contributed by atoms with Gasteiger partial charge in [-0.3, -0.25) is 4.79 Å². The molecule has 0 aromatic carbocycles. The van der Waals surface area contributed by atoms with Crippen molar-refractivity contribution in [3.8, 4) is 0 Å². The van der Waals surface area contributed by atoms with E-state index in [2.05, 4.69) is 24.1 Å². The highest BCUT2D eigenvalue weighted by atomic mass is 16.4. The van der Waals surface area contributed by atoms with E-state index in [9.17, 15) is 9.59 Å². The van der Waals surface area contributed by atoms with Gasteiger partial charge in [-0.2, -0.15) is 0 Å². The molecule has 0 aromatic rings. The highest BCUT2D eigenvalue weighted by molar-refractivity contribution is 6.01. The van der Waals surface area contributed by atoms with Gasteiger partial charge in [0, 0.05) is 23.7 Å². The molecule has 0 aromatic heterocycles. The molecule has 0 aliphatic heterocycles. The third-order valence-corrected chi connectivity index (χ3v) is 3.20. The number of hydrogen-bond acceptors (Lipinski definition) is 3. The molecular weight excluding hydrogens is 244 g/mol. The molecule has 0 heterocycles. The molecule has 0 aliphatic rings. The van der Waals surface area contributed by atoms with Crippen LogP contribution in [0.4, 0.5) is 0 Å². The fourth-order valence-corrected chi connectivity index (χ4v) is 1.69. The largest absolute Gasteiger partial charge is 0.478 e. The van der Waals surface area contributed by atoms with Crippen LogP contribution in [0.3, 0.4) is 0 Å². The number of carbonyl (C=O) groups is 2. The first-order valence-corrected chi connectivity index (χ1v) is 6.52. The van der Waals surface area contributed by atoms with E-state index in [4.69, 9.17) is 5.11 Å². The molecular formula is C14H26N2O3. The third kappa shape index (κ3) is 6.38. The molecule has 0 saturated heterocycles. The maximum Gasteiger partial charge on any atom is 0.331 e. The minimum Gasteiger partial charge on any atom is -0.478 e. The van der Waals surface area contributed by atoms with Crippen molar-refractivity contribution in [3.05, 3.63) is 11.1 Å². The first-order chi connectivity index (χ1) is 8.66. The summed E-state index contributed by atoms with van der Waals surface area (Å²) in [4.78, 5) is 24.7. The average molecular weight is 270 g/mol. The molecule has 5 heteroatoms. The standard InChI is InChI=1S/C14H26N2O3/c1-9(2)7-12(16(5)6)8-15-13(17)10(3)11(4)14(18)19/h9,12H,7-8H2,1-6H3,(H,15,17)(H,18,19)/b11-10-. The summed E-state index contributed by atoms with van der Waals surface area (Å²) in [5.74, 6) is -0.823. The second-order valence-electron chi connectivity index (χ2n) is 5.51. The number of carboxylic acids is 1. The van der Waals surface area contributed by atoms with Gasteiger partial charge < -0.3 is 15.3 Å². The zero-order chi connectivity index (χ0) is 15.2. The van der Waals surface area contributed by atoms with E-state index in [-0.39, 0.29) is 23.1 Å². The number of rotatable bonds is 7. The van der Waals surface area contributed by atoms with E-state index in [0.29, 0.717) is 12.5 Å². The van der Waals surface area contributed by atoms with Crippen LogP contribution in [0.5, 0.6) is 0 Å². The predicted octanol–water partition coefficient (Wildman–Crippen LogP) is 1.50. The van der Waals surface area contributed by atoms with Crippen LogP contribution in [0.1, 0.15) is 34.1 Å². The van der Waals surface area contributed by atoms with E-state index in [0.717, 1.165) is 6.42 Å². The molecule has 1 atom stereocenters. The van der Waals surface area contributed by atoms with E-state index < -0.39 is 5.97 Å². The molecule has 5 nitrogen and oxygen atoms in total. The van der Waals surface area contributed by atoms with Crippen molar-refractivity contribution in [2.24, 2.45) is 5.92 Å². The van der Waals surface area contributed by atoms with Crippen molar-refractivity contribution >= 4 is 11.9 Å². The van der Waals surface area contributed by atoms with Crippen LogP contribution in [0, 0.1) is 5.92 Å². The second-order valence-corrected chi connectivity index (χ2v) is 5.51. The predicted molar refractivity (Wildman–Crippen MR) is 75.9 cm³/mol. The zero-order valence-electron chi connectivity index (χ0n) is 12.8. The van der Waals surface area contributed by atoms with E-state index in [1.807, 2.05) is 14.1 Å². The number of likely N-dealkylation sites (N-methyl/N-ethyl adjacent to an activating group) is 1. The van der Waals surface area contributed by atoms with Gasteiger partial charge in [0.25, 0.3) is 0 Å². The first-order valence-electron chi connectivity index (χ1n) is 6.52. The molecule has 0 saturated carbocycles. The molecule has 0 rings (SSSR count). The van der Waals surface area contributed by atoms with Gasteiger partial charge in [0.05, 0.1) is 0 Å². The number of carbonyl (C=O) groups excluding carboxylic acids is 1. The first kappa shape index (κ1) is 17.6. The number of nitrogens with zero attached hydrogens (tertiary/aromatic N) is 1. The van der Waals surface area contributed by atoms with Gasteiger partial charge in [0.1, 0.15) is 0 Å². The summed E-state index contributed by atoms with van der Waals surface area (Å²) in [6, 6.07) is 0.252. The normalized spacial score (nSPS) is 14.3. The van der Waals surface area contributed by atoms with Gasteiger partial charge in [-0.25, -0.2) is 4.79 Å². The van der Waals surface area contributed by atoms with Crippen molar-refractivity contribution in [1.82, 2.24) is 10.2 Å². The highest BCUT2D eigenvalue weighted by Crippen LogP contribution is 2.09. The maximum absolute atomic E-state index is 11.9. The maximum atomic E-state index is 11.9. The van der Waals surface area contributed by atoms with Gasteiger partial charge in [0.2, 0.25) is 5.91 Å². The summed E-state index contributed by atoms with van der Waals surface area (Å²) in [5.41, 5.74) is 0.345. The van der Waals surface area contributed by atoms with Crippen molar-refractivity contribution < 1.29 is 14.7 Å². The van der Waals surface area contributed by atoms with Crippen LogP contribution in [0.15, 0.2) is 11.1 Å². The summed E-state index contributed by atoms with van der Waals surface area (Å²) >= 11 is 0. The lowest BCUT2D eigenvalue weighted by Crippen LogP contribution is -2.41. The molecule has 2 N–H and O–H groups in total.